The second-order valence-corrected chi connectivity index (χ2v) is 4.34. The van der Waals surface area contributed by atoms with E-state index in [1.54, 1.807) is 12.4 Å². The predicted molar refractivity (Wildman–Crippen MR) is 73.1 cm³/mol. The normalized spacial score (nSPS) is 12.3. The molecule has 0 fully saturated rings. The molecule has 1 aromatic carbocycles. The van der Waals surface area contributed by atoms with Gasteiger partial charge in [0.2, 0.25) is 5.91 Å². The van der Waals surface area contributed by atoms with E-state index in [2.05, 4.69) is 10.3 Å². The van der Waals surface area contributed by atoms with E-state index < -0.39 is 0 Å². The number of nitrogens with one attached hydrogen (secondary N) is 1. The average molecular weight is 244 g/mol. The van der Waals surface area contributed by atoms with Crippen molar-refractivity contribution in [3.05, 3.63) is 30.6 Å². The van der Waals surface area contributed by atoms with Crippen LogP contribution in [0.25, 0.3) is 10.8 Å². The summed E-state index contributed by atoms with van der Waals surface area (Å²) >= 11 is 0. The van der Waals surface area contributed by atoms with E-state index in [0.29, 0.717) is 5.69 Å². The molecular weight excluding hydrogens is 228 g/mol. The maximum absolute atomic E-state index is 10.9. The molecule has 5 heteroatoms. The van der Waals surface area contributed by atoms with E-state index in [1.807, 2.05) is 25.1 Å². The highest BCUT2D eigenvalue weighted by Crippen LogP contribution is 2.27. The van der Waals surface area contributed by atoms with Gasteiger partial charge in [-0.2, -0.15) is 0 Å². The Morgan fingerprint density at radius 2 is 2.17 bits per heavy atom. The van der Waals surface area contributed by atoms with Gasteiger partial charge in [-0.1, -0.05) is 0 Å². The molecular formula is C13H16N4O. The Morgan fingerprint density at radius 1 is 1.39 bits per heavy atom. The number of carbonyl (C=O) groups is 1. The number of fused-ring (bicyclic) bond motifs is 1. The third-order valence-electron chi connectivity index (χ3n) is 2.76. The molecule has 0 radical (unpaired) electrons. The fourth-order valence-corrected chi connectivity index (χ4v) is 1.96. The number of pyridine rings is 1. The summed E-state index contributed by atoms with van der Waals surface area (Å²) < 4.78 is 0. The summed E-state index contributed by atoms with van der Waals surface area (Å²) in [6, 6.07) is 5.59. The highest BCUT2D eigenvalue weighted by molar-refractivity contribution is 6.00. The number of hydrogen-bond acceptors (Lipinski definition) is 4. The van der Waals surface area contributed by atoms with Crippen LogP contribution in [0, 0.1) is 0 Å². The fraction of sp³-hybridized carbons (Fsp3) is 0.231. The van der Waals surface area contributed by atoms with Gasteiger partial charge in [0.1, 0.15) is 0 Å². The largest absolute Gasteiger partial charge is 0.398 e. The average Bonchev–Trinajstić information content (AvgIpc) is 2.32. The molecule has 2 rings (SSSR count). The summed E-state index contributed by atoms with van der Waals surface area (Å²) in [4.78, 5) is 14.9. The van der Waals surface area contributed by atoms with Gasteiger partial charge in [0.05, 0.1) is 0 Å². The molecule has 0 aliphatic rings. The molecule has 94 valence electrons. The first kappa shape index (κ1) is 12.2. The molecule has 0 aliphatic carbocycles. The maximum atomic E-state index is 10.9. The molecule has 1 atom stereocenters. The zero-order valence-corrected chi connectivity index (χ0v) is 10.2. The number of benzene rings is 1. The van der Waals surface area contributed by atoms with E-state index in [1.165, 1.54) is 0 Å². The highest BCUT2D eigenvalue weighted by Gasteiger charge is 2.09. The quantitative estimate of drug-likeness (QED) is 0.710. The van der Waals surface area contributed by atoms with Gasteiger partial charge >= 0.3 is 0 Å². The molecule has 5 N–H and O–H groups in total. The van der Waals surface area contributed by atoms with Gasteiger partial charge in [-0.25, -0.2) is 0 Å². The SMILES string of the molecule is CC(CC(N)=O)Nc1ccc(N)c2cnccc12. The summed E-state index contributed by atoms with van der Waals surface area (Å²) in [5.74, 6) is -0.323. The summed E-state index contributed by atoms with van der Waals surface area (Å²) in [7, 11) is 0. The minimum Gasteiger partial charge on any atom is -0.398 e. The number of hydrogen-bond donors (Lipinski definition) is 3. The van der Waals surface area contributed by atoms with Crippen LogP contribution in [0.5, 0.6) is 0 Å². The first-order valence-corrected chi connectivity index (χ1v) is 5.75. The van der Waals surface area contributed by atoms with Gasteiger partial charge in [0, 0.05) is 47.0 Å². The van der Waals surface area contributed by atoms with Crippen LogP contribution in [0.2, 0.25) is 0 Å². The Balaban J connectivity index is 2.34. The maximum Gasteiger partial charge on any atom is 0.219 e. The minimum atomic E-state index is -0.323. The van der Waals surface area contributed by atoms with Gasteiger partial charge in [0.25, 0.3) is 0 Å². The lowest BCUT2D eigenvalue weighted by atomic mass is 10.1. The van der Waals surface area contributed by atoms with Crippen molar-refractivity contribution in [3.63, 3.8) is 0 Å². The molecule has 5 nitrogen and oxygen atoms in total. The van der Waals surface area contributed by atoms with Gasteiger partial charge in [0.15, 0.2) is 0 Å². The predicted octanol–water partition coefficient (Wildman–Crippen LogP) is 1.49. The Kier molecular flexibility index (Phi) is 3.32. The van der Waals surface area contributed by atoms with E-state index in [-0.39, 0.29) is 18.4 Å². The second-order valence-electron chi connectivity index (χ2n) is 4.34. The Labute approximate surface area is 105 Å². The smallest absolute Gasteiger partial charge is 0.219 e. The van der Waals surface area contributed by atoms with Gasteiger partial charge in [-0.05, 0) is 25.1 Å². The van der Waals surface area contributed by atoms with Crippen molar-refractivity contribution in [3.8, 4) is 0 Å². The van der Waals surface area contributed by atoms with Crippen molar-refractivity contribution in [2.75, 3.05) is 11.1 Å². The number of amides is 1. The van der Waals surface area contributed by atoms with E-state index in [4.69, 9.17) is 11.5 Å². The summed E-state index contributed by atoms with van der Waals surface area (Å²) in [5, 5.41) is 5.14. The fourth-order valence-electron chi connectivity index (χ4n) is 1.96. The lowest BCUT2D eigenvalue weighted by Gasteiger charge is -2.16. The number of nitrogen functional groups attached to an aromatic ring is 1. The Morgan fingerprint density at radius 3 is 2.89 bits per heavy atom. The molecule has 1 unspecified atom stereocenters. The monoisotopic (exact) mass is 244 g/mol. The number of primary amides is 1. The number of anilines is 2. The minimum absolute atomic E-state index is 0.0255. The summed E-state index contributed by atoms with van der Waals surface area (Å²) in [6.07, 6.45) is 3.73. The van der Waals surface area contributed by atoms with Gasteiger partial charge < -0.3 is 16.8 Å². The van der Waals surface area contributed by atoms with Crippen molar-refractivity contribution < 1.29 is 4.79 Å². The van der Waals surface area contributed by atoms with Crippen LogP contribution >= 0.6 is 0 Å². The van der Waals surface area contributed by atoms with Crippen LogP contribution in [-0.4, -0.2) is 16.9 Å². The molecule has 0 saturated heterocycles. The van der Waals surface area contributed by atoms with Gasteiger partial charge in [-0.3, -0.25) is 9.78 Å². The Bertz CT molecular complexity index is 582. The van der Waals surface area contributed by atoms with E-state index in [9.17, 15) is 4.79 Å². The van der Waals surface area contributed by atoms with E-state index in [0.717, 1.165) is 16.5 Å². The summed E-state index contributed by atoms with van der Waals surface area (Å²) in [5.41, 5.74) is 12.7. The van der Waals surface area contributed by atoms with Crippen molar-refractivity contribution in [1.82, 2.24) is 4.98 Å². The first-order valence-electron chi connectivity index (χ1n) is 5.75. The standard InChI is InChI=1S/C13H16N4O/c1-8(6-13(15)18)17-12-3-2-11(14)10-7-16-5-4-9(10)12/h2-5,7-8,17H,6,14H2,1H3,(H2,15,18). The topological polar surface area (TPSA) is 94.0 Å². The third kappa shape index (κ3) is 2.51. The highest BCUT2D eigenvalue weighted by atomic mass is 16.1. The zero-order chi connectivity index (χ0) is 13.1. The van der Waals surface area contributed by atoms with Crippen LogP contribution in [-0.2, 0) is 4.79 Å². The lowest BCUT2D eigenvalue weighted by Crippen LogP contribution is -2.24. The first-order chi connectivity index (χ1) is 8.58. The van der Waals surface area contributed by atoms with Crippen LogP contribution in [0.1, 0.15) is 13.3 Å². The van der Waals surface area contributed by atoms with E-state index >= 15 is 0 Å². The zero-order valence-electron chi connectivity index (χ0n) is 10.2. The van der Waals surface area contributed by atoms with Crippen molar-refractivity contribution in [1.29, 1.82) is 0 Å². The van der Waals surface area contributed by atoms with Crippen molar-refractivity contribution in [2.24, 2.45) is 5.73 Å². The number of carbonyl (C=O) groups excluding carboxylic acids is 1. The molecule has 18 heavy (non-hydrogen) atoms. The van der Waals surface area contributed by atoms with Crippen LogP contribution in [0.4, 0.5) is 11.4 Å². The summed E-state index contributed by atoms with van der Waals surface area (Å²) in [6.45, 7) is 1.91. The molecule has 0 aliphatic heterocycles. The number of nitrogens with two attached hydrogens (primary N) is 2. The van der Waals surface area contributed by atoms with Gasteiger partial charge in [-0.15, -0.1) is 0 Å². The molecule has 2 aromatic rings. The third-order valence-corrected chi connectivity index (χ3v) is 2.76. The number of rotatable bonds is 4. The molecule has 1 heterocycles. The molecule has 1 aromatic heterocycles. The molecule has 1 amide bonds. The van der Waals surface area contributed by atoms with Crippen LogP contribution in [0.3, 0.4) is 0 Å². The van der Waals surface area contributed by atoms with Crippen molar-refractivity contribution >= 4 is 28.1 Å². The van der Waals surface area contributed by atoms with Crippen molar-refractivity contribution in [2.45, 2.75) is 19.4 Å². The number of nitrogens with zero attached hydrogens (tertiary/aromatic N) is 1. The molecule has 0 bridgehead atoms. The van der Waals surface area contributed by atoms with Crippen LogP contribution < -0.4 is 16.8 Å². The number of aromatic nitrogens is 1. The lowest BCUT2D eigenvalue weighted by molar-refractivity contribution is -0.118. The Hall–Kier alpha value is -2.30. The molecule has 0 saturated carbocycles. The molecule has 0 spiro atoms. The van der Waals surface area contributed by atoms with Crippen LogP contribution in [0.15, 0.2) is 30.6 Å². The second kappa shape index (κ2) is 4.91.